The number of amides is 2. The van der Waals surface area contributed by atoms with Crippen molar-refractivity contribution >= 4 is 43.4 Å². The van der Waals surface area contributed by atoms with Gasteiger partial charge in [0.25, 0.3) is 0 Å². The summed E-state index contributed by atoms with van der Waals surface area (Å²) in [5, 5.41) is 0. The van der Waals surface area contributed by atoms with E-state index in [-0.39, 0.29) is 30.9 Å². The zero-order valence-corrected chi connectivity index (χ0v) is 32.5. The molecule has 2 aromatic carbocycles. The molecule has 298 valence electrons. The first-order valence-corrected chi connectivity index (χ1v) is 19.1. The average Bonchev–Trinajstić information content (AvgIpc) is 3.13. The summed E-state index contributed by atoms with van der Waals surface area (Å²) < 4.78 is 84.8. The van der Waals surface area contributed by atoms with Crippen molar-refractivity contribution in [1.82, 2.24) is 14.7 Å². The van der Waals surface area contributed by atoms with E-state index < -0.39 is 53.2 Å². The van der Waals surface area contributed by atoms with Crippen molar-refractivity contribution in [3.05, 3.63) is 58.9 Å². The Balaban J connectivity index is 2.19. The summed E-state index contributed by atoms with van der Waals surface area (Å²) in [4.78, 5) is 43.9. The molecule has 0 aromatic heterocycles. The molecule has 0 aliphatic heterocycles. The monoisotopic (exact) mass is 793 g/mol. The van der Waals surface area contributed by atoms with Crippen molar-refractivity contribution in [2.24, 2.45) is 0 Å². The van der Waals surface area contributed by atoms with Crippen LogP contribution in [0.15, 0.2) is 24.3 Å². The van der Waals surface area contributed by atoms with Gasteiger partial charge in [-0.15, -0.1) is 0 Å². The Morgan fingerprint density at radius 3 is 1.70 bits per heavy atom. The number of carbonyl (C=O) groups is 3. The van der Waals surface area contributed by atoms with Crippen LogP contribution in [0.4, 0.5) is 31.5 Å². The van der Waals surface area contributed by atoms with Crippen LogP contribution in [0, 0.1) is 29.1 Å². The molecule has 53 heavy (non-hydrogen) atoms. The molecule has 1 unspecified atom stereocenters. The Labute approximate surface area is 320 Å². The van der Waals surface area contributed by atoms with Crippen LogP contribution >= 0.6 is 25.3 Å². The van der Waals surface area contributed by atoms with E-state index in [9.17, 15) is 36.3 Å². The lowest BCUT2D eigenvalue weighted by molar-refractivity contribution is -0.131. The second-order valence-corrected chi connectivity index (χ2v) is 13.8. The van der Waals surface area contributed by atoms with E-state index in [1.54, 1.807) is 7.05 Å². The molecular formula is C37H52F5N3O6S2. The maximum absolute atomic E-state index is 14.2. The fourth-order valence-electron chi connectivity index (χ4n) is 5.33. The van der Waals surface area contributed by atoms with Crippen LogP contribution in [0.2, 0.25) is 0 Å². The normalized spacial score (nSPS) is 11.8. The van der Waals surface area contributed by atoms with Crippen molar-refractivity contribution in [2.45, 2.75) is 83.2 Å². The molecule has 0 aliphatic rings. The third kappa shape index (κ3) is 16.3. The van der Waals surface area contributed by atoms with E-state index in [1.165, 1.54) is 29.2 Å². The van der Waals surface area contributed by atoms with Gasteiger partial charge in [-0.1, -0.05) is 37.8 Å². The van der Waals surface area contributed by atoms with Gasteiger partial charge in [0.05, 0.1) is 0 Å². The molecule has 0 N–H and O–H groups in total. The summed E-state index contributed by atoms with van der Waals surface area (Å²) in [6.45, 7) is 2.42. The number of hydrogen-bond acceptors (Lipinski definition) is 9. The number of benzene rings is 2. The van der Waals surface area contributed by atoms with Crippen molar-refractivity contribution in [1.29, 1.82) is 0 Å². The van der Waals surface area contributed by atoms with Crippen LogP contribution in [0.25, 0.3) is 0 Å². The average molecular weight is 794 g/mol. The van der Waals surface area contributed by atoms with Crippen molar-refractivity contribution in [2.75, 3.05) is 58.8 Å². The van der Waals surface area contributed by atoms with Gasteiger partial charge in [0.1, 0.15) is 11.9 Å². The van der Waals surface area contributed by atoms with Crippen LogP contribution in [0.5, 0.6) is 11.5 Å². The minimum atomic E-state index is -2.41. The molecule has 2 aromatic rings. The molecule has 0 saturated carbocycles. The van der Waals surface area contributed by atoms with Crippen molar-refractivity contribution in [3.63, 3.8) is 0 Å². The number of nitrogens with zero attached hydrogens (tertiary/aromatic N) is 3. The summed E-state index contributed by atoms with van der Waals surface area (Å²) in [5.41, 5.74) is 0.330. The van der Waals surface area contributed by atoms with E-state index in [0.717, 1.165) is 75.8 Å². The lowest BCUT2D eigenvalue weighted by atomic mass is 10.0. The predicted octanol–water partition coefficient (Wildman–Crippen LogP) is 9.00. The van der Waals surface area contributed by atoms with E-state index in [4.69, 9.17) is 9.47 Å². The van der Waals surface area contributed by atoms with Gasteiger partial charge in [0.2, 0.25) is 40.7 Å². The molecule has 16 heteroatoms. The van der Waals surface area contributed by atoms with Crippen LogP contribution < -0.4 is 9.47 Å². The minimum Gasteiger partial charge on any atom is -0.426 e. The SMILES string of the molecule is CN(C)CCCN(C)C(=O)Oc1ccc(C(CCCC(=O)N(CCCCCCS)CCCCCCS)OC(=O)Oc2c(F)c(F)c(F)c(F)c2F)cc1. The standard InChI is InChI=1S/C37H52F5N3O6S2/c1-43(2)20-13-21-44(3)36(47)49-27-18-16-26(17-19-27)28(50-37(48)51-35-33(41)31(39)30(38)32(40)34(35)42)14-12-15-29(46)45(22-8-4-6-10-24-52)23-9-5-7-11-25-53/h16-19,28,52-53H,4-15,20-25H2,1-3H3. The third-order valence-electron chi connectivity index (χ3n) is 8.34. The second-order valence-electron chi connectivity index (χ2n) is 12.9. The van der Waals surface area contributed by atoms with Gasteiger partial charge >= 0.3 is 12.2 Å². The molecule has 0 fully saturated rings. The fraction of sp³-hybridized carbons (Fsp3) is 0.595. The van der Waals surface area contributed by atoms with Crippen LogP contribution in [-0.2, 0) is 9.53 Å². The van der Waals surface area contributed by atoms with Crippen molar-refractivity contribution in [3.8, 4) is 11.5 Å². The van der Waals surface area contributed by atoms with E-state index in [2.05, 4.69) is 30.0 Å². The summed E-state index contributed by atoms with van der Waals surface area (Å²) >= 11 is 8.50. The number of ether oxygens (including phenoxy) is 3. The minimum absolute atomic E-state index is 0.0312. The zero-order valence-electron chi connectivity index (χ0n) is 30.7. The van der Waals surface area contributed by atoms with E-state index >= 15 is 0 Å². The molecule has 9 nitrogen and oxygen atoms in total. The topological polar surface area (TPSA) is 88.6 Å². The first-order valence-electron chi connectivity index (χ1n) is 17.9. The highest BCUT2D eigenvalue weighted by atomic mass is 32.1. The van der Waals surface area contributed by atoms with Gasteiger partial charge in [-0.2, -0.15) is 34.0 Å². The molecular weight excluding hydrogens is 742 g/mol. The lowest BCUT2D eigenvalue weighted by Gasteiger charge is -2.24. The largest absolute Gasteiger partial charge is 0.514 e. The highest BCUT2D eigenvalue weighted by Crippen LogP contribution is 2.31. The summed E-state index contributed by atoms with van der Waals surface area (Å²) in [6.07, 6.45) is 5.18. The Hall–Kier alpha value is -3.24. The van der Waals surface area contributed by atoms with E-state index in [1.807, 2.05) is 23.9 Å². The smallest absolute Gasteiger partial charge is 0.426 e. The van der Waals surface area contributed by atoms with Crippen LogP contribution in [-0.4, -0.2) is 91.7 Å². The first kappa shape index (κ1) is 45.9. The molecule has 0 saturated heterocycles. The third-order valence-corrected chi connectivity index (χ3v) is 8.98. The van der Waals surface area contributed by atoms with Crippen LogP contribution in [0.3, 0.4) is 0 Å². The number of rotatable bonds is 24. The molecule has 1 atom stereocenters. The maximum atomic E-state index is 14.2. The number of thiol groups is 2. The van der Waals surface area contributed by atoms with E-state index in [0.29, 0.717) is 25.2 Å². The highest BCUT2D eigenvalue weighted by molar-refractivity contribution is 7.80. The van der Waals surface area contributed by atoms with Gasteiger partial charge in [-0.05, 0) is 94.8 Å². The quantitative estimate of drug-likeness (QED) is 0.0209. The van der Waals surface area contributed by atoms with Crippen molar-refractivity contribution < 1.29 is 50.5 Å². The molecule has 0 radical (unpaired) electrons. The second kappa shape index (κ2) is 25.0. The molecule has 2 amide bonds. The lowest BCUT2D eigenvalue weighted by Crippen LogP contribution is -2.33. The Morgan fingerprint density at radius 1 is 0.642 bits per heavy atom. The van der Waals surface area contributed by atoms with Gasteiger partial charge < -0.3 is 28.9 Å². The molecule has 0 aliphatic carbocycles. The highest BCUT2D eigenvalue weighted by Gasteiger charge is 2.30. The fourth-order valence-corrected chi connectivity index (χ4v) is 5.78. The number of hydrogen-bond donors (Lipinski definition) is 2. The molecule has 0 heterocycles. The summed E-state index contributed by atoms with van der Waals surface area (Å²) in [5.74, 6) is -11.8. The van der Waals surface area contributed by atoms with Gasteiger partial charge in [0.15, 0.2) is 0 Å². The zero-order chi connectivity index (χ0) is 39.3. The Bertz CT molecular complexity index is 1400. The Kier molecular flexibility index (Phi) is 21.6. The predicted molar refractivity (Wildman–Crippen MR) is 199 cm³/mol. The first-order chi connectivity index (χ1) is 25.3. The number of unbranched alkanes of at least 4 members (excludes halogenated alkanes) is 6. The summed E-state index contributed by atoms with van der Waals surface area (Å²) in [7, 11) is 5.44. The van der Waals surface area contributed by atoms with Gasteiger partial charge in [0, 0.05) is 33.1 Å². The number of carbonyl (C=O) groups excluding carboxylic acids is 3. The number of halogens is 5. The molecule has 0 bridgehead atoms. The molecule has 2 rings (SSSR count). The summed E-state index contributed by atoms with van der Waals surface area (Å²) in [6, 6.07) is 5.85. The maximum Gasteiger partial charge on any atom is 0.514 e. The van der Waals surface area contributed by atoms with Crippen LogP contribution in [0.1, 0.15) is 88.7 Å². The van der Waals surface area contributed by atoms with Gasteiger partial charge in [-0.3, -0.25) is 4.79 Å². The Morgan fingerprint density at radius 2 is 1.17 bits per heavy atom. The molecule has 0 spiro atoms. The van der Waals surface area contributed by atoms with Gasteiger partial charge in [-0.25, -0.2) is 22.8 Å².